The van der Waals surface area contributed by atoms with E-state index in [-0.39, 0.29) is 0 Å². The molecule has 2 rings (SSSR count). The molecule has 17 heavy (non-hydrogen) atoms. The van der Waals surface area contributed by atoms with Gasteiger partial charge in [-0.05, 0) is 12.1 Å². The third kappa shape index (κ3) is 2.44. The van der Waals surface area contributed by atoms with Crippen LogP contribution in [0.5, 0.6) is 0 Å². The first-order valence-corrected chi connectivity index (χ1v) is 5.82. The molecule has 1 aromatic carbocycles. The lowest BCUT2D eigenvalue weighted by atomic mass is 10.1. The topological polar surface area (TPSA) is 30.0 Å². The lowest BCUT2D eigenvalue weighted by Crippen LogP contribution is -1.88. The molecule has 0 aliphatic rings. The van der Waals surface area contributed by atoms with Crippen molar-refractivity contribution in [2.75, 3.05) is 0 Å². The number of carbonyl (C=O) groups is 1. The van der Waals surface area contributed by atoms with Gasteiger partial charge in [0.15, 0.2) is 6.29 Å². The van der Waals surface area contributed by atoms with Gasteiger partial charge < -0.3 is 0 Å². The van der Waals surface area contributed by atoms with Gasteiger partial charge in [0.1, 0.15) is 5.69 Å². The Morgan fingerprint density at radius 1 is 1.00 bits per heavy atom. The van der Waals surface area contributed by atoms with Crippen LogP contribution >= 0.6 is 34.8 Å². The molecule has 0 N–H and O–H groups in total. The second-order valence-corrected chi connectivity index (χ2v) is 4.48. The molecule has 0 aliphatic heterocycles. The zero-order chi connectivity index (χ0) is 12.4. The maximum atomic E-state index is 10.5. The summed E-state index contributed by atoms with van der Waals surface area (Å²) in [5.41, 5.74) is 1.87. The minimum Gasteiger partial charge on any atom is -0.296 e. The van der Waals surface area contributed by atoms with Crippen LogP contribution in [-0.2, 0) is 0 Å². The van der Waals surface area contributed by atoms with Gasteiger partial charge in [-0.25, -0.2) is 0 Å². The molecular formula is C12H6Cl3NO. The van der Waals surface area contributed by atoms with Gasteiger partial charge >= 0.3 is 0 Å². The highest BCUT2D eigenvalue weighted by atomic mass is 35.5. The molecule has 86 valence electrons. The maximum Gasteiger partial charge on any atom is 0.168 e. The molecule has 0 radical (unpaired) electrons. The van der Waals surface area contributed by atoms with Crippen molar-refractivity contribution in [2.45, 2.75) is 0 Å². The Kier molecular flexibility index (Phi) is 3.67. The zero-order valence-corrected chi connectivity index (χ0v) is 10.7. The van der Waals surface area contributed by atoms with E-state index in [0.717, 1.165) is 11.1 Å². The van der Waals surface area contributed by atoms with Gasteiger partial charge in [0.2, 0.25) is 0 Å². The molecule has 0 saturated carbocycles. The molecular weight excluding hydrogens is 280 g/mol. The van der Waals surface area contributed by atoms with Crippen LogP contribution < -0.4 is 0 Å². The summed E-state index contributed by atoms with van der Waals surface area (Å²) in [6.45, 7) is 0. The van der Waals surface area contributed by atoms with E-state index in [1.165, 1.54) is 0 Å². The molecule has 1 aromatic heterocycles. The number of pyridine rings is 1. The number of rotatable bonds is 2. The first-order chi connectivity index (χ1) is 8.13. The second kappa shape index (κ2) is 5.05. The van der Waals surface area contributed by atoms with Crippen LogP contribution in [0.3, 0.4) is 0 Å². The van der Waals surface area contributed by atoms with Crippen LogP contribution in [0.25, 0.3) is 11.1 Å². The van der Waals surface area contributed by atoms with E-state index in [0.29, 0.717) is 27.0 Å². The van der Waals surface area contributed by atoms with E-state index in [2.05, 4.69) is 4.98 Å². The number of halogens is 3. The van der Waals surface area contributed by atoms with Crippen molar-refractivity contribution in [3.8, 4) is 11.1 Å². The van der Waals surface area contributed by atoms with E-state index in [4.69, 9.17) is 34.8 Å². The molecule has 2 nitrogen and oxygen atoms in total. The smallest absolute Gasteiger partial charge is 0.168 e. The van der Waals surface area contributed by atoms with Crippen LogP contribution in [0.4, 0.5) is 0 Å². The van der Waals surface area contributed by atoms with Crippen LogP contribution in [0.2, 0.25) is 15.1 Å². The van der Waals surface area contributed by atoms with Gasteiger partial charge in [0.25, 0.3) is 0 Å². The van der Waals surface area contributed by atoms with Crippen molar-refractivity contribution in [1.29, 1.82) is 0 Å². The lowest BCUT2D eigenvalue weighted by Gasteiger charge is -2.07. The summed E-state index contributed by atoms with van der Waals surface area (Å²) < 4.78 is 0. The highest BCUT2D eigenvalue weighted by molar-refractivity contribution is 6.49. The Labute approximate surface area is 113 Å². The predicted molar refractivity (Wildman–Crippen MR) is 70.1 cm³/mol. The van der Waals surface area contributed by atoms with E-state index < -0.39 is 0 Å². The van der Waals surface area contributed by atoms with E-state index in [9.17, 15) is 4.79 Å². The van der Waals surface area contributed by atoms with Crippen LogP contribution in [0.1, 0.15) is 10.5 Å². The summed E-state index contributed by atoms with van der Waals surface area (Å²) >= 11 is 17.9. The zero-order valence-electron chi connectivity index (χ0n) is 8.45. The standard InChI is InChI=1S/C12H6Cl3NO/c13-10-4-3-9(11(14)12(10)15)7-1-2-8(6-17)16-5-7/h1-6H. The number of benzene rings is 1. The van der Waals surface area contributed by atoms with Gasteiger partial charge in [0.05, 0.1) is 15.1 Å². The van der Waals surface area contributed by atoms with Gasteiger partial charge in [-0.15, -0.1) is 0 Å². The molecule has 0 aliphatic carbocycles. The Hall–Kier alpha value is -1.09. The van der Waals surface area contributed by atoms with Crippen LogP contribution in [-0.4, -0.2) is 11.3 Å². The monoisotopic (exact) mass is 285 g/mol. The molecule has 0 bridgehead atoms. The number of carbonyl (C=O) groups excluding carboxylic acids is 1. The van der Waals surface area contributed by atoms with Crippen molar-refractivity contribution in [3.63, 3.8) is 0 Å². The second-order valence-electron chi connectivity index (χ2n) is 3.31. The fourth-order valence-electron chi connectivity index (χ4n) is 1.38. The van der Waals surface area contributed by atoms with Crippen molar-refractivity contribution in [1.82, 2.24) is 4.98 Å². The molecule has 0 amide bonds. The number of nitrogens with zero attached hydrogens (tertiary/aromatic N) is 1. The van der Waals surface area contributed by atoms with Gasteiger partial charge in [-0.2, -0.15) is 0 Å². The summed E-state index contributed by atoms with van der Waals surface area (Å²) in [6.07, 6.45) is 2.25. The van der Waals surface area contributed by atoms with Crippen molar-refractivity contribution in [3.05, 3.63) is 51.2 Å². The Balaban J connectivity index is 2.53. The molecule has 0 spiro atoms. The third-order valence-corrected chi connectivity index (χ3v) is 3.55. The average Bonchev–Trinajstić information content (AvgIpc) is 2.36. The highest BCUT2D eigenvalue weighted by Gasteiger charge is 2.10. The highest BCUT2D eigenvalue weighted by Crippen LogP contribution is 2.37. The van der Waals surface area contributed by atoms with E-state index in [1.807, 2.05) is 0 Å². The molecule has 0 unspecified atom stereocenters. The Morgan fingerprint density at radius 3 is 2.35 bits per heavy atom. The third-order valence-electron chi connectivity index (χ3n) is 2.25. The summed E-state index contributed by atoms with van der Waals surface area (Å²) in [4.78, 5) is 14.5. The minimum absolute atomic E-state index is 0.310. The molecule has 0 atom stereocenters. The quantitative estimate of drug-likeness (QED) is 0.600. The number of hydrogen-bond donors (Lipinski definition) is 0. The molecule has 0 saturated heterocycles. The number of aldehydes is 1. The predicted octanol–water partition coefficient (Wildman–Crippen LogP) is 4.52. The SMILES string of the molecule is O=Cc1ccc(-c2ccc(Cl)c(Cl)c2Cl)cn1. The van der Waals surface area contributed by atoms with E-state index in [1.54, 1.807) is 30.5 Å². The van der Waals surface area contributed by atoms with Crippen LogP contribution in [0, 0.1) is 0 Å². The molecule has 2 aromatic rings. The van der Waals surface area contributed by atoms with E-state index >= 15 is 0 Å². The summed E-state index contributed by atoms with van der Waals surface area (Å²) in [5, 5.41) is 1.09. The fraction of sp³-hybridized carbons (Fsp3) is 0. The summed E-state index contributed by atoms with van der Waals surface area (Å²) in [5.74, 6) is 0. The van der Waals surface area contributed by atoms with Crippen molar-refractivity contribution >= 4 is 41.1 Å². The lowest BCUT2D eigenvalue weighted by molar-refractivity contribution is 0.111. The Bertz CT molecular complexity index is 567. The van der Waals surface area contributed by atoms with Gasteiger partial charge in [-0.3, -0.25) is 9.78 Å². The van der Waals surface area contributed by atoms with Gasteiger partial charge in [0, 0.05) is 17.3 Å². The Morgan fingerprint density at radius 2 is 1.76 bits per heavy atom. The molecule has 1 heterocycles. The summed E-state index contributed by atoms with van der Waals surface area (Å²) in [6, 6.07) is 6.79. The normalized spacial score (nSPS) is 10.3. The average molecular weight is 287 g/mol. The van der Waals surface area contributed by atoms with Crippen LogP contribution in [0.15, 0.2) is 30.5 Å². The van der Waals surface area contributed by atoms with Crippen molar-refractivity contribution in [2.24, 2.45) is 0 Å². The molecule has 0 fully saturated rings. The fourth-order valence-corrected chi connectivity index (χ4v) is 2.03. The largest absolute Gasteiger partial charge is 0.296 e. The van der Waals surface area contributed by atoms with Crippen molar-refractivity contribution < 1.29 is 4.79 Å². The molecule has 5 heteroatoms. The van der Waals surface area contributed by atoms with Gasteiger partial charge in [-0.1, -0.05) is 46.9 Å². The first kappa shape index (κ1) is 12.4. The maximum absolute atomic E-state index is 10.5. The first-order valence-electron chi connectivity index (χ1n) is 4.68. The number of hydrogen-bond acceptors (Lipinski definition) is 2. The summed E-state index contributed by atoms with van der Waals surface area (Å²) in [7, 11) is 0. The minimum atomic E-state index is 0.310. The number of aromatic nitrogens is 1.